The third-order valence-corrected chi connectivity index (χ3v) is 2.43. The van der Waals surface area contributed by atoms with Gasteiger partial charge >= 0.3 is 0 Å². The third kappa shape index (κ3) is 2.06. The zero-order chi connectivity index (χ0) is 12.3. The molecule has 0 saturated heterocycles. The largest absolute Gasteiger partial charge is 0.228 e. The number of nitrogens with zero attached hydrogens (tertiary/aromatic N) is 3. The van der Waals surface area contributed by atoms with Gasteiger partial charge in [-0.05, 0) is 24.6 Å². The molecule has 0 aliphatic heterocycles. The van der Waals surface area contributed by atoms with E-state index in [1.807, 2.05) is 37.3 Å². The van der Waals surface area contributed by atoms with E-state index < -0.39 is 0 Å². The lowest BCUT2D eigenvalue weighted by Crippen LogP contribution is -1.96. The molecule has 0 unspecified atom stereocenters. The molecule has 82 valence electrons. The number of rotatable bonds is 2. The van der Waals surface area contributed by atoms with Crippen molar-refractivity contribution in [3.8, 4) is 6.07 Å². The molecular formula is C14H11N3. The maximum absolute atomic E-state index is 9.09. The third-order valence-electron chi connectivity index (χ3n) is 2.43. The minimum absolute atomic E-state index is 0.405. The number of benzene rings is 1. The summed E-state index contributed by atoms with van der Waals surface area (Å²) in [6, 6.07) is 9.60. The van der Waals surface area contributed by atoms with Crippen LogP contribution in [0, 0.1) is 11.3 Å². The summed E-state index contributed by atoms with van der Waals surface area (Å²) in [6.45, 7) is 5.53. The van der Waals surface area contributed by atoms with Crippen molar-refractivity contribution in [3.63, 3.8) is 0 Å². The predicted octanol–water partition coefficient (Wildman–Crippen LogP) is 3.09. The molecule has 0 radical (unpaired) electrons. The fourth-order valence-corrected chi connectivity index (χ4v) is 1.59. The van der Waals surface area contributed by atoms with Crippen LogP contribution < -0.4 is 0 Å². The van der Waals surface area contributed by atoms with Crippen LogP contribution in [0.5, 0.6) is 0 Å². The average Bonchev–Trinajstić information content (AvgIpc) is 2.37. The molecule has 0 aliphatic carbocycles. The lowest BCUT2D eigenvalue weighted by Gasteiger charge is -2.03. The fraction of sp³-hybridized carbons (Fsp3) is 0.0714. The van der Waals surface area contributed by atoms with E-state index in [1.165, 1.54) is 0 Å². The highest BCUT2D eigenvalue weighted by Crippen LogP contribution is 2.18. The number of fused-ring (bicyclic) bond motifs is 1. The Kier molecular flexibility index (Phi) is 2.97. The first-order chi connectivity index (χ1) is 8.26. The molecule has 2 aromatic rings. The summed E-state index contributed by atoms with van der Waals surface area (Å²) in [5.74, 6) is 0.570. The first-order valence-corrected chi connectivity index (χ1v) is 5.23. The van der Waals surface area contributed by atoms with Gasteiger partial charge in [-0.15, -0.1) is 0 Å². The van der Waals surface area contributed by atoms with Crippen molar-refractivity contribution in [1.29, 1.82) is 5.26 Å². The molecule has 1 aromatic heterocycles. The average molecular weight is 221 g/mol. The predicted molar refractivity (Wildman–Crippen MR) is 68.1 cm³/mol. The van der Waals surface area contributed by atoms with Crippen LogP contribution in [0.4, 0.5) is 0 Å². The zero-order valence-electron chi connectivity index (χ0n) is 9.51. The van der Waals surface area contributed by atoms with Crippen molar-refractivity contribution in [3.05, 3.63) is 54.5 Å². The normalized spacial score (nSPS) is 11.2. The van der Waals surface area contributed by atoms with Crippen molar-refractivity contribution >= 4 is 16.5 Å². The lowest BCUT2D eigenvalue weighted by atomic mass is 10.1. The lowest BCUT2D eigenvalue weighted by molar-refractivity contribution is 1.13. The highest BCUT2D eigenvalue weighted by Gasteiger charge is 2.07. The zero-order valence-corrected chi connectivity index (χ0v) is 9.51. The number of nitriles is 1. The Balaban J connectivity index is 2.74. The maximum Gasteiger partial charge on any atom is 0.156 e. The highest BCUT2D eigenvalue weighted by atomic mass is 14.9. The second-order valence-corrected chi connectivity index (χ2v) is 3.61. The molecule has 1 aromatic carbocycles. The van der Waals surface area contributed by atoms with Crippen LogP contribution in [0.3, 0.4) is 0 Å². The molecule has 0 saturated carbocycles. The van der Waals surface area contributed by atoms with Gasteiger partial charge in [-0.25, -0.2) is 9.97 Å². The first kappa shape index (κ1) is 11.0. The monoisotopic (exact) mass is 221 g/mol. The van der Waals surface area contributed by atoms with E-state index in [9.17, 15) is 0 Å². The van der Waals surface area contributed by atoms with Crippen molar-refractivity contribution in [2.75, 3.05) is 0 Å². The van der Waals surface area contributed by atoms with Crippen molar-refractivity contribution in [2.45, 2.75) is 6.92 Å². The van der Waals surface area contributed by atoms with Crippen molar-refractivity contribution in [1.82, 2.24) is 9.97 Å². The molecule has 0 amide bonds. The van der Waals surface area contributed by atoms with Crippen LogP contribution in [0.25, 0.3) is 16.5 Å². The second-order valence-electron chi connectivity index (χ2n) is 3.61. The van der Waals surface area contributed by atoms with Crippen molar-refractivity contribution in [2.24, 2.45) is 0 Å². The molecule has 0 N–H and O–H groups in total. The maximum atomic E-state index is 9.09. The Hall–Kier alpha value is -2.47. The molecule has 0 atom stereocenters. The van der Waals surface area contributed by atoms with E-state index in [1.54, 1.807) is 6.08 Å². The Bertz CT molecular complexity index is 648. The number of aromatic nitrogens is 2. The Morgan fingerprint density at radius 3 is 2.82 bits per heavy atom. The number of para-hydroxylation sites is 1. The Morgan fingerprint density at radius 2 is 2.12 bits per heavy atom. The van der Waals surface area contributed by atoms with Crippen LogP contribution in [0.2, 0.25) is 0 Å². The summed E-state index contributed by atoms with van der Waals surface area (Å²) in [5, 5.41) is 9.87. The van der Waals surface area contributed by atoms with Crippen molar-refractivity contribution < 1.29 is 0 Å². The summed E-state index contributed by atoms with van der Waals surface area (Å²) < 4.78 is 0. The van der Waals surface area contributed by atoms with Gasteiger partial charge in [-0.2, -0.15) is 5.26 Å². The van der Waals surface area contributed by atoms with Crippen LogP contribution in [-0.4, -0.2) is 9.97 Å². The van der Waals surface area contributed by atoms with E-state index in [0.717, 1.165) is 16.5 Å². The molecule has 0 aliphatic rings. The molecule has 0 bridgehead atoms. The summed E-state index contributed by atoms with van der Waals surface area (Å²) in [6.07, 6.45) is 3.51. The second kappa shape index (κ2) is 4.58. The molecular weight excluding hydrogens is 210 g/mol. The van der Waals surface area contributed by atoms with Crippen LogP contribution in [0.15, 0.2) is 43.0 Å². The SMILES string of the molecule is C=C/C=C(\C)c1nc(C#N)c2ccccc2n1. The van der Waals surface area contributed by atoms with Gasteiger partial charge in [0.15, 0.2) is 11.5 Å². The quantitative estimate of drug-likeness (QED) is 0.732. The van der Waals surface area contributed by atoms with E-state index >= 15 is 0 Å². The van der Waals surface area contributed by atoms with Gasteiger partial charge < -0.3 is 0 Å². The van der Waals surface area contributed by atoms with Crippen LogP contribution in [-0.2, 0) is 0 Å². The molecule has 3 nitrogen and oxygen atoms in total. The van der Waals surface area contributed by atoms with Gasteiger partial charge in [0.05, 0.1) is 5.52 Å². The minimum Gasteiger partial charge on any atom is -0.228 e. The van der Waals surface area contributed by atoms with Crippen LogP contribution in [0.1, 0.15) is 18.4 Å². The minimum atomic E-state index is 0.405. The van der Waals surface area contributed by atoms with E-state index in [-0.39, 0.29) is 0 Å². The fourth-order valence-electron chi connectivity index (χ4n) is 1.59. The van der Waals surface area contributed by atoms with Gasteiger partial charge in [0.1, 0.15) is 6.07 Å². The number of allylic oxidation sites excluding steroid dienone is 3. The van der Waals surface area contributed by atoms with E-state index in [4.69, 9.17) is 5.26 Å². The summed E-state index contributed by atoms with van der Waals surface area (Å²) in [5.41, 5.74) is 2.08. The Labute approximate surface area is 99.8 Å². The summed E-state index contributed by atoms with van der Waals surface area (Å²) in [4.78, 5) is 8.67. The molecule has 0 fully saturated rings. The molecule has 1 heterocycles. The number of hydrogen-bond donors (Lipinski definition) is 0. The van der Waals surface area contributed by atoms with E-state index in [2.05, 4.69) is 22.6 Å². The van der Waals surface area contributed by atoms with E-state index in [0.29, 0.717) is 11.5 Å². The van der Waals surface area contributed by atoms with Crippen LogP contribution >= 0.6 is 0 Å². The molecule has 0 spiro atoms. The first-order valence-electron chi connectivity index (χ1n) is 5.23. The summed E-state index contributed by atoms with van der Waals surface area (Å²) >= 11 is 0. The topological polar surface area (TPSA) is 49.6 Å². The van der Waals surface area contributed by atoms with Gasteiger partial charge in [0.25, 0.3) is 0 Å². The van der Waals surface area contributed by atoms with Gasteiger partial charge in [-0.1, -0.05) is 30.9 Å². The smallest absolute Gasteiger partial charge is 0.156 e. The summed E-state index contributed by atoms with van der Waals surface area (Å²) in [7, 11) is 0. The molecule has 17 heavy (non-hydrogen) atoms. The molecule has 3 heteroatoms. The van der Waals surface area contributed by atoms with Gasteiger partial charge in [0, 0.05) is 5.39 Å². The van der Waals surface area contributed by atoms with Gasteiger partial charge in [-0.3, -0.25) is 0 Å². The Morgan fingerprint density at radius 1 is 1.35 bits per heavy atom. The standard InChI is InChI=1S/C14H11N3/c1-3-6-10(2)14-16-12-8-5-4-7-11(12)13(9-15)17-14/h3-8H,1H2,2H3/b10-6+. The van der Waals surface area contributed by atoms with Gasteiger partial charge in [0.2, 0.25) is 0 Å². The number of hydrogen-bond acceptors (Lipinski definition) is 3. The molecule has 2 rings (SSSR count). The highest BCUT2D eigenvalue weighted by molar-refractivity contribution is 5.84.